The molecule has 45 heavy (non-hydrogen) atoms. The number of alkyl halides is 3. The number of nitrogens with one attached hydrogen (secondary N) is 5. The van der Waals surface area contributed by atoms with Gasteiger partial charge in [0.05, 0.1) is 6.20 Å². The maximum absolute atomic E-state index is 12.6. The van der Waals surface area contributed by atoms with E-state index >= 15 is 0 Å². The van der Waals surface area contributed by atoms with Gasteiger partial charge in [-0.15, -0.1) is 0 Å². The van der Waals surface area contributed by atoms with Crippen molar-refractivity contribution in [3.8, 4) is 0 Å². The highest BCUT2D eigenvalue weighted by atomic mass is 35.5. The highest BCUT2D eigenvalue weighted by molar-refractivity contribution is 6.32. The van der Waals surface area contributed by atoms with Crippen LogP contribution in [0.15, 0.2) is 79.0 Å². The molecule has 6 bridgehead atoms. The molecule has 1 aliphatic rings. The van der Waals surface area contributed by atoms with E-state index in [1.165, 1.54) is 0 Å². The number of hydrogen-bond donors (Lipinski definition) is 6. The molecule has 4 aromatic rings. The maximum atomic E-state index is 12.6. The number of hydrogen-bond acceptors (Lipinski definition) is 7. The minimum Gasteiger partial charge on any atom is -0.475 e. The zero-order chi connectivity index (χ0) is 32.4. The lowest BCUT2D eigenvalue weighted by atomic mass is 10.0. The van der Waals surface area contributed by atoms with Gasteiger partial charge in [-0.3, -0.25) is 4.79 Å². The Morgan fingerprint density at radius 3 is 2.33 bits per heavy atom. The molecule has 0 radical (unpaired) electrons. The monoisotopic (exact) mass is 641 g/mol. The molecule has 0 saturated carbocycles. The van der Waals surface area contributed by atoms with Crippen molar-refractivity contribution in [2.24, 2.45) is 0 Å². The summed E-state index contributed by atoms with van der Waals surface area (Å²) in [6.45, 7) is 0.594. The Labute approximate surface area is 260 Å². The summed E-state index contributed by atoms with van der Waals surface area (Å²) in [7, 11) is 0. The van der Waals surface area contributed by atoms with E-state index in [1.54, 1.807) is 30.5 Å². The van der Waals surface area contributed by atoms with Crippen molar-refractivity contribution in [3.63, 3.8) is 0 Å². The number of benzene rings is 3. The third kappa shape index (κ3) is 9.83. The Morgan fingerprint density at radius 2 is 1.60 bits per heavy atom. The van der Waals surface area contributed by atoms with Crippen LogP contribution in [0, 0.1) is 0 Å². The van der Waals surface area contributed by atoms with Crippen molar-refractivity contribution in [2.75, 3.05) is 29.0 Å². The lowest BCUT2D eigenvalue weighted by Gasteiger charge is -2.15. The van der Waals surface area contributed by atoms with Gasteiger partial charge in [-0.25, -0.2) is 14.6 Å². The number of aryl methyl sites for hydroxylation is 2. The van der Waals surface area contributed by atoms with Crippen molar-refractivity contribution in [1.29, 1.82) is 0 Å². The van der Waals surface area contributed by atoms with Gasteiger partial charge in [0.25, 0.3) is 5.91 Å². The van der Waals surface area contributed by atoms with Crippen LogP contribution in [0.1, 0.15) is 21.5 Å². The van der Waals surface area contributed by atoms with E-state index in [9.17, 15) is 22.8 Å². The van der Waals surface area contributed by atoms with E-state index in [0.29, 0.717) is 41.0 Å². The van der Waals surface area contributed by atoms with Crippen LogP contribution in [0.5, 0.6) is 0 Å². The Hall–Kier alpha value is -5.37. The first-order valence-corrected chi connectivity index (χ1v) is 13.8. The van der Waals surface area contributed by atoms with Crippen LogP contribution in [-0.4, -0.2) is 52.2 Å². The number of anilines is 5. The fraction of sp³-hybridized carbons (Fsp3) is 0.167. The fourth-order valence-corrected chi connectivity index (χ4v) is 4.21. The van der Waals surface area contributed by atoms with Crippen LogP contribution in [0.25, 0.3) is 0 Å². The van der Waals surface area contributed by atoms with Crippen molar-refractivity contribution in [1.82, 2.24) is 20.6 Å². The van der Waals surface area contributed by atoms with E-state index in [2.05, 4.69) is 48.7 Å². The second-order valence-corrected chi connectivity index (χ2v) is 9.93. The van der Waals surface area contributed by atoms with Gasteiger partial charge in [0, 0.05) is 35.7 Å². The van der Waals surface area contributed by atoms with Gasteiger partial charge in [-0.2, -0.15) is 18.2 Å². The molecule has 0 saturated heterocycles. The summed E-state index contributed by atoms with van der Waals surface area (Å²) in [4.78, 5) is 42.5. The van der Waals surface area contributed by atoms with Crippen molar-refractivity contribution in [3.05, 3.63) is 101 Å². The number of aliphatic carboxylic acids is 1. The zero-order valence-electron chi connectivity index (χ0n) is 23.4. The number of fused-ring (bicyclic) bond motifs is 6. The Balaban J connectivity index is 0.000000591. The molecular weight excluding hydrogens is 615 g/mol. The number of carbonyl (C=O) groups excluding carboxylic acids is 2. The number of rotatable bonds is 5. The Morgan fingerprint density at radius 1 is 0.889 bits per heavy atom. The average molecular weight is 642 g/mol. The van der Waals surface area contributed by atoms with Crippen LogP contribution in [0.2, 0.25) is 5.02 Å². The van der Waals surface area contributed by atoms with Gasteiger partial charge >= 0.3 is 18.2 Å². The van der Waals surface area contributed by atoms with Crippen molar-refractivity contribution < 1.29 is 32.7 Å². The predicted molar refractivity (Wildman–Crippen MR) is 163 cm³/mol. The molecule has 5 rings (SSSR count). The van der Waals surface area contributed by atoms with Crippen LogP contribution in [0.3, 0.4) is 0 Å². The summed E-state index contributed by atoms with van der Waals surface area (Å²) >= 11 is 6.34. The van der Waals surface area contributed by atoms with Crippen LogP contribution < -0.4 is 26.6 Å². The average Bonchev–Trinajstić information content (AvgIpc) is 3.01. The molecule has 15 heteroatoms. The fourth-order valence-electron chi connectivity index (χ4n) is 4.07. The van der Waals surface area contributed by atoms with E-state index in [-0.39, 0.29) is 18.5 Å². The van der Waals surface area contributed by atoms with Gasteiger partial charge in [-0.05, 0) is 66.4 Å². The molecule has 3 amide bonds. The Bertz CT molecular complexity index is 1670. The molecule has 0 aliphatic carbocycles. The third-order valence-corrected chi connectivity index (χ3v) is 6.48. The molecule has 11 nitrogen and oxygen atoms in total. The van der Waals surface area contributed by atoms with Gasteiger partial charge in [-0.1, -0.05) is 41.9 Å². The second kappa shape index (κ2) is 14.9. The largest absolute Gasteiger partial charge is 0.490 e. The Kier molecular flexibility index (Phi) is 10.8. The van der Waals surface area contributed by atoms with Crippen LogP contribution >= 0.6 is 11.6 Å². The first kappa shape index (κ1) is 32.5. The highest BCUT2D eigenvalue weighted by Crippen LogP contribution is 2.29. The molecular formula is C30H27ClF3N7O4. The van der Waals surface area contributed by atoms with Gasteiger partial charge < -0.3 is 31.7 Å². The van der Waals surface area contributed by atoms with E-state index in [1.807, 2.05) is 36.4 Å². The number of halogens is 4. The predicted octanol–water partition coefficient (Wildman–Crippen LogP) is 5.90. The smallest absolute Gasteiger partial charge is 0.475 e. The molecule has 234 valence electrons. The highest BCUT2D eigenvalue weighted by Gasteiger charge is 2.38. The van der Waals surface area contributed by atoms with Gasteiger partial charge in [0.1, 0.15) is 5.02 Å². The normalized spacial score (nSPS) is 11.8. The van der Waals surface area contributed by atoms with Crippen LogP contribution in [-0.2, 0) is 17.6 Å². The van der Waals surface area contributed by atoms with Crippen molar-refractivity contribution in [2.45, 2.75) is 19.0 Å². The first-order chi connectivity index (χ1) is 21.5. The van der Waals surface area contributed by atoms with E-state index in [4.69, 9.17) is 21.5 Å². The number of carboxylic acids is 1. The van der Waals surface area contributed by atoms with Crippen molar-refractivity contribution >= 4 is 58.3 Å². The molecule has 1 aliphatic heterocycles. The molecule has 6 N–H and O–H groups in total. The summed E-state index contributed by atoms with van der Waals surface area (Å²) in [6, 6.07) is 22.3. The van der Waals surface area contributed by atoms with Gasteiger partial charge in [0.15, 0.2) is 5.82 Å². The quantitative estimate of drug-likeness (QED) is 0.147. The van der Waals surface area contributed by atoms with Crippen LogP contribution in [0.4, 0.5) is 46.8 Å². The molecule has 0 atom stereocenters. The molecule has 3 aromatic carbocycles. The number of carboxylic acid groups (broad SMARTS) is 1. The summed E-state index contributed by atoms with van der Waals surface area (Å²) in [5, 5.41) is 22.5. The number of aromatic nitrogens is 2. The lowest BCUT2D eigenvalue weighted by molar-refractivity contribution is -0.192. The lowest BCUT2D eigenvalue weighted by Crippen LogP contribution is -2.37. The standard InChI is InChI=1S/C28H26ClN7O2.C2HF3O2/c29-23-17-32-27-34-21-8-4-5-18(15-21)9-10-20-16-22(33-25(23)36-27)11-12-24(20)35-28(38)31-14-13-30-26(37)19-6-2-1-3-7-19;3-2(4,5)1(6)7/h1-8,11-12,15-17H,9-10,13-14H2,(H,30,37)(H2,31,35,38)(H2,32,33,34,36);(H,6,7). The van der Waals surface area contributed by atoms with Gasteiger partial charge in [0.2, 0.25) is 5.95 Å². The topological polar surface area (TPSA) is 157 Å². The van der Waals surface area contributed by atoms with E-state index < -0.39 is 12.1 Å². The number of amides is 3. The molecule has 0 unspecified atom stereocenters. The SMILES string of the molecule is O=C(NCCNC(=O)c1ccccc1)Nc1ccc2cc1CCc1cccc(c1)Nc1ncc(Cl)c(n1)N2.O=C(O)C(F)(F)F. The zero-order valence-corrected chi connectivity index (χ0v) is 24.2. The summed E-state index contributed by atoms with van der Waals surface area (Å²) in [5.41, 5.74) is 5.01. The molecule has 2 heterocycles. The third-order valence-electron chi connectivity index (χ3n) is 6.20. The minimum absolute atomic E-state index is 0.183. The number of carbonyl (C=O) groups is 3. The maximum Gasteiger partial charge on any atom is 0.490 e. The number of urea groups is 1. The summed E-state index contributed by atoms with van der Waals surface area (Å²) in [5.74, 6) is -2.03. The summed E-state index contributed by atoms with van der Waals surface area (Å²) < 4.78 is 31.7. The molecule has 1 aromatic heterocycles. The second-order valence-electron chi connectivity index (χ2n) is 9.52. The minimum atomic E-state index is -5.08. The number of nitrogens with zero attached hydrogens (tertiary/aromatic N) is 2. The first-order valence-electron chi connectivity index (χ1n) is 13.4. The van der Waals surface area contributed by atoms with E-state index in [0.717, 1.165) is 28.9 Å². The molecule has 0 spiro atoms. The summed E-state index contributed by atoms with van der Waals surface area (Å²) in [6.07, 6.45) is -2.08. The molecule has 0 fully saturated rings.